The first-order chi connectivity index (χ1) is 9.02. The Morgan fingerprint density at radius 3 is 2.79 bits per heavy atom. The molecule has 2 rings (SSSR count). The van der Waals surface area contributed by atoms with Crippen molar-refractivity contribution in [3.8, 4) is 6.07 Å². The van der Waals surface area contributed by atoms with Gasteiger partial charge in [0.2, 0.25) is 0 Å². The lowest BCUT2D eigenvalue weighted by Crippen LogP contribution is -2.56. The van der Waals surface area contributed by atoms with Gasteiger partial charge < -0.3 is 9.80 Å². The molecule has 0 bridgehead atoms. The lowest BCUT2D eigenvalue weighted by atomic mass is 10.0. The van der Waals surface area contributed by atoms with Gasteiger partial charge in [-0.2, -0.15) is 5.26 Å². The fourth-order valence-corrected chi connectivity index (χ4v) is 3.26. The maximum Gasteiger partial charge on any atom is 0.0643 e. The van der Waals surface area contributed by atoms with Crippen molar-refractivity contribution in [2.24, 2.45) is 0 Å². The number of likely N-dealkylation sites (N-methyl/N-ethyl adjacent to an activating group) is 1. The average Bonchev–Trinajstić information content (AvgIpc) is 2.33. The Morgan fingerprint density at radius 1 is 1.42 bits per heavy atom. The smallest absolute Gasteiger partial charge is 0.0643 e. The highest BCUT2D eigenvalue weighted by Gasteiger charge is 2.30. The first kappa shape index (κ1) is 14.4. The SMILES string of the molecule is Cc1ccc(N2C(C)CN(C)CC2CC#N)cc1Br. The summed E-state index contributed by atoms with van der Waals surface area (Å²) >= 11 is 3.60. The summed E-state index contributed by atoms with van der Waals surface area (Å²) in [6.07, 6.45) is 0.570. The number of nitriles is 1. The van der Waals surface area contributed by atoms with Crippen molar-refractivity contribution in [2.75, 3.05) is 25.0 Å². The summed E-state index contributed by atoms with van der Waals surface area (Å²) in [7, 11) is 2.13. The number of benzene rings is 1. The molecule has 4 heteroatoms. The van der Waals surface area contributed by atoms with Gasteiger partial charge in [0.1, 0.15) is 0 Å². The number of anilines is 1. The Kier molecular flexibility index (Phi) is 4.49. The van der Waals surface area contributed by atoms with Crippen LogP contribution < -0.4 is 4.90 Å². The first-order valence-electron chi connectivity index (χ1n) is 6.63. The zero-order valence-corrected chi connectivity index (χ0v) is 13.3. The van der Waals surface area contributed by atoms with Crippen molar-refractivity contribution >= 4 is 21.6 Å². The summed E-state index contributed by atoms with van der Waals surface area (Å²) < 4.78 is 1.13. The van der Waals surface area contributed by atoms with Crippen LogP contribution in [0.1, 0.15) is 18.9 Å². The molecule has 1 aliphatic rings. The van der Waals surface area contributed by atoms with Crippen LogP contribution in [-0.2, 0) is 0 Å². The molecule has 0 aromatic heterocycles. The highest BCUT2D eigenvalue weighted by Crippen LogP contribution is 2.29. The maximum atomic E-state index is 9.05. The van der Waals surface area contributed by atoms with Crippen LogP contribution in [0.15, 0.2) is 22.7 Å². The molecule has 3 nitrogen and oxygen atoms in total. The van der Waals surface area contributed by atoms with Crippen molar-refractivity contribution in [1.82, 2.24) is 4.90 Å². The van der Waals surface area contributed by atoms with Gasteiger partial charge in [0.05, 0.1) is 18.5 Å². The summed E-state index contributed by atoms with van der Waals surface area (Å²) in [6, 6.07) is 9.48. The molecule has 1 aromatic rings. The molecular formula is C15H20BrN3. The molecule has 0 N–H and O–H groups in total. The summed E-state index contributed by atoms with van der Waals surface area (Å²) in [6.45, 7) is 6.30. The molecular weight excluding hydrogens is 302 g/mol. The molecule has 2 unspecified atom stereocenters. The lowest BCUT2D eigenvalue weighted by molar-refractivity contribution is 0.233. The third-order valence-corrected chi connectivity index (χ3v) is 4.60. The van der Waals surface area contributed by atoms with Crippen LogP contribution in [0.25, 0.3) is 0 Å². The van der Waals surface area contributed by atoms with Gasteiger partial charge in [0.15, 0.2) is 0 Å². The zero-order chi connectivity index (χ0) is 14.0. The number of halogens is 1. The van der Waals surface area contributed by atoms with Gasteiger partial charge in [-0.15, -0.1) is 0 Å². The summed E-state index contributed by atoms with van der Waals surface area (Å²) in [5.41, 5.74) is 2.45. The molecule has 1 aromatic carbocycles. The molecule has 0 amide bonds. The van der Waals surface area contributed by atoms with Crippen LogP contribution in [0.4, 0.5) is 5.69 Å². The molecule has 1 heterocycles. The first-order valence-corrected chi connectivity index (χ1v) is 7.42. The molecule has 2 atom stereocenters. The van der Waals surface area contributed by atoms with Crippen LogP contribution in [0.3, 0.4) is 0 Å². The predicted octanol–water partition coefficient (Wildman–Crippen LogP) is 3.18. The van der Waals surface area contributed by atoms with Crippen LogP contribution in [0.2, 0.25) is 0 Å². The third-order valence-electron chi connectivity index (χ3n) is 3.75. The number of rotatable bonds is 2. The van der Waals surface area contributed by atoms with E-state index >= 15 is 0 Å². The molecule has 0 spiro atoms. The van der Waals surface area contributed by atoms with E-state index in [4.69, 9.17) is 5.26 Å². The van der Waals surface area contributed by atoms with Gasteiger partial charge in [-0.1, -0.05) is 22.0 Å². The van der Waals surface area contributed by atoms with E-state index in [0.29, 0.717) is 12.5 Å². The number of hydrogen-bond donors (Lipinski definition) is 0. The number of nitrogens with zero attached hydrogens (tertiary/aromatic N) is 3. The molecule has 1 saturated heterocycles. The highest BCUT2D eigenvalue weighted by molar-refractivity contribution is 9.10. The largest absolute Gasteiger partial charge is 0.362 e. The van der Waals surface area contributed by atoms with Gasteiger partial charge in [-0.05, 0) is 38.6 Å². The molecule has 102 valence electrons. The van der Waals surface area contributed by atoms with Crippen molar-refractivity contribution < 1.29 is 0 Å². The standard InChI is InChI=1S/C15H20BrN3/c1-11-4-5-13(8-15(11)16)19-12(2)9-18(3)10-14(19)6-7-17/h4-5,8,12,14H,6,9-10H2,1-3H3. The fraction of sp³-hybridized carbons (Fsp3) is 0.533. The second-order valence-electron chi connectivity index (χ2n) is 5.43. The van der Waals surface area contributed by atoms with Crippen molar-refractivity contribution in [1.29, 1.82) is 5.26 Å². The van der Waals surface area contributed by atoms with E-state index in [0.717, 1.165) is 17.6 Å². The molecule has 0 radical (unpaired) electrons. The van der Waals surface area contributed by atoms with Crippen LogP contribution in [0, 0.1) is 18.3 Å². The normalized spacial score (nSPS) is 24.3. The van der Waals surface area contributed by atoms with Crippen LogP contribution >= 0.6 is 15.9 Å². The van der Waals surface area contributed by atoms with E-state index < -0.39 is 0 Å². The molecule has 1 fully saturated rings. The van der Waals surface area contributed by atoms with E-state index in [1.54, 1.807) is 0 Å². The topological polar surface area (TPSA) is 30.3 Å². The second-order valence-corrected chi connectivity index (χ2v) is 6.28. The minimum absolute atomic E-state index is 0.272. The quantitative estimate of drug-likeness (QED) is 0.838. The number of hydrogen-bond acceptors (Lipinski definition) is 3. The number of aryl methyl sites for hydroxylation is 1. The Balaban J connectivity index is 2.32. The molecule has 0 saturated carbocycles. The molecule has 0 aliphatic carbocycles. The summed E-state index contributed by atoms with van der Waals surface area (Å²) in [4.78, 5) is 4.71. The highest BCUT2D eigenvalue weighted by atomic mass is 79.9. The Hall–Kier alpha value is -1.05. The average molecular weight is 322 g/mol. The van der Waals surface area contributed by atoms with E-state index in [1.807, 2.05) is 0 Å². The van der Waals surface area contributed by atoms with Crippen molar-refractivity contribution in [3.63, 3.8) is 0 Å². The lowest BCUT2D eigenvalue weighted by Gasteiger charge is -2.45. The summed E-state index contributed by atoms with van der Waals surface area (Å²) in [5, 5.41) is 9.05. The molecule has 19 heavy (non-hydrogen) atoms. The van der Waals surface area contributed by atoms with Crippen molar-refractivity contribution in [2.45, 2.75) is 32.4 Å². The second kappa shape index (κ2) is 5.94. The van der Waals surface area contributed by atoms with Crippen LogP contribution in [0.5, 0.6) is 0 Å². The van der Waals surface area contributed by atoms with Gasteiger partial charge in [0, 0.05) is 29.3 Å². The predicted molar refractivity (Wildman–Crippen MR) is 82.3 cm³/mol. The van der Waals surface area contributed by atoms with Gasteiger partial charge in [-0.25, -0.2) is 0 Å². The third kappa shape index (κ3) is 3.10. The number of piperazine rings is 1. The Bertz CT molecular complexity index is 495. The van der Waals surface area contributed by atoms with E-state index in [-0.39, 0.29) is 6.04 Å². The van der Waals surface area contributed by atoms with Crippen LogP contribution in [-0.4, -0.2) is 37.1 Å². The van der Waals surface area contributed by atoms with Crippen molar-refractivity contribution in [3.05, 3.63) is 28.2 Å². The monoisotopic (exact) mass is 321 g/mol. The Morgan fingerprint density at radius 2 is 2.16 bits per heavy atom. The van der Waals surface area contributed by atoms with Gasteiger partial charge >= 0.3 is 0 Å². The maximum absolute atomic E-state index is 9.05. The minimum atomic E-state index is 0.272. The molecule has 1 aliphatic heterocycles. The Labute approximate surface area is 123 Å². The van der Waals surface area contributed by atoms with E-state index in [1.165, 1.54) is 11.3 Å². The van der Waals surface area contributed by atoms with Gasteiger partial charge in [0.25, 0.3) is 0 Å². The fourth-order valence-electron chi connectivity index (χ4n) is 2.90. The van der Waals surface area contributed by atoms with E-state index in [2.05, 4.69) is 70.9 Å². The van der Waals surface area contributed by atoms with E-state index in [9.17, 15) is 0 Å². The summed E-state index contributed by atoms with van der Waals surface area (Å²) in [5.74, 6) is 0. The minimum Gasteiger partial charge on any atom is -0.362 e. The zero-order valence-electron chi connectivity index (χ0n) is 11.7. The van der Waals surface area contributed by atoms with Gasteiger partial charge in [-0.3, -0.25) is 0 Å².